The van der Waals surface area contributed by atoms with E-state index < -0.39 is 0 Å². The third-order valence-corrected chi connectivity index (χ3v) is 5.22. The first-order valence-electron chi connectivity index (χ1n) is 9.07. The van der Waals surface area contributed by atoms with E-state index in [2.05, 4.69) is 9.97 Å². The third-order valence-electron chi connectivity index (χ3n) is 5.22. The van der Waals surface area contributed by atoms with E-state index in [1.165, 1.54) is 0 Å². The van der Waals surface area contributed by atoms with Gasteiger partial charge in [-0.3, -0.25) is 9.78 Å². The molecule has 0 aliphatic carbocycles. The molecule has 1 unspecified atom stereocenters. The zero-order valence-electron chi connectivity index (χ0n) is 14.9. The number of amides is 1. The maximum atomic E-state index is 12.6. The Balaban J connectivity index is 1.33. The zero-order valence-corrected chi connectivity index (χ0v) is 14.9. The molecule has 1 amide bonds. The number of hydrogen-bond acceptors (Lipinski definition) is 5. The van der Waals surface area contributed by atoms with E-state index in [1.807, 2.05) is 42.2 Å². The van der Waals surface area contributed by atoms with E-state index >= 15 is 0 Å². The molecule has 26 heavy (non-hydrogen) atoms. The van der Waals surface area contributed by atoms with Crippen LogP contribution in [0.15, 0.2) is 42.7 Å². The second kappa shape index (κ2) is 7.03. The number of nitrogens with zero attached hydrogens (tertiary/aromatic N) is 3. The Morgan fingerprint density at radius 3 is 2.77 bits per heavy atom. The first-order chi connectivity index (χ1) is 12.6. The Morgan fingerprint density at radius 1 is 1.23 bits per heavy atom. The Kier molecular flexibility index (Phi) is 4.59. The van der Waals surface area contributed by atoms with Gasteiger partial charge in [0.2, 0.25) is 5.88 Å². The molecular weight excluding hydrogens is 330 g/mol. The Labute approximate surface area is 153 Å². The predicted octanol–water partition coefficient (Wildman–Crippen LogP) is 2.63. The van der Waals surface area contributed by atoms with Gasteiger partial charge in [-0.15, -0.1) is 0 Å². The molecule has 0 N–H and O–H groups in total. The molecule has 6 nitrogen and oxygen atoms in total. The van der Waals surface area contributed by atoms with Gasteiger partial charge in [-0.1, -0.05) is 6.07 Å². The second-order valence-corrected chi connectivity index (χ2v) is 7.09. The van der Waals surface area contributed by atoms with Crippen LogP contribution in [0, 0.1) is 6.92 Å². The summed E-state index contributed by atoms with van der Waals surface area (Å²) in [7, 11) is 0. The topological polar surface area (TPSA) is 64.6 Å². The van der Waals surface area contributed by atoms with Crippen molar-refractivity contribution in [3.8, 4) is 5.88 Å². The molecule has 2 aliphatic heterocycles. The van der Waals surface area contributed by atoms with Gasteiger partial charge in [0, 0.05) is 43.7 Å². The van der Waals surface area contributed by atoms with Crippen LogP contribution >= 0.6 is 0 Å². The molecule has 6 heteroatoms. The fourth-order valence-corrected chi connectivity index (χ4v) is 3.71. The summed E-state index contributed by atoms with van der Waals surface area (Å²) in [5, 5.41) is 0. The van der Waals surface area contributed by atoms with Crippen molar-refractivity contribution in [1.29, 1.82) is 0 Å². The van der Waals surface area contributed by atoms with Gasteiger partial charge in [0.25, 0.3) is 5.91 Å². The van der Waals surface area contributed by atoms with Gasteiger partial charge in [0.05, 0.1) is 17.8 Å². The van der Waals surface area contributed by atoms with Gasteiger partial charge >= 0.3 is 0 Å². The van der Waals surface area contributed by atoms with E-state index in [9.17, 15) is 4.79 Å². The molecule has 2 aromatic heterocycles. The summed E-state index contributed by atoms with van der Waals surface area (Å²) in [4.78, 5) is 23.0. The molecule has 2 aromatic rings. The third kappa shape index (κ3) is 3.55. The first-order valence-corrected chi connectivity index (χ1v) is 9.07. The van der Waals surface area contributed by atoms with Crippen molar-refractivity contribution in [2.45, 2.75) is 37.9 Å². The lowest BCUT2D eigenvalue weighted by atomic mass is 9.87. The SMILES string of the molecule is Cc1ccc(C(=O)N2CCC3(CC2)CC(Oc2ccccn2)CO3)cn1. The summed E-state index contributed by atoms with van der Waals surface area (Å²) >= 11 is 0. The largest absolute Gasteiger partial charge is 0.472 e. The van der Waals surface area contributed by atoms with E-state index in [1.54, 1.807) is 12.4 Å². The van der Waals surface area contributed by atoms with Crippen molar-refractivity contribution in [2.75, 3.05) is 19.7 Å². The fraction of sp³-hybridized carbons (Fsp3) is 0.450. The van der Waals surface area contributed by atoms with Crippen molar-refractivity contribution in [3.05, 3.63) is 54.0 Å². The molecule has 2 fully saturated rings. The van der Waals surface area contributed by atoms with E-state index in [4.69, 9.17) is 9.47 Å². The minimum absolute atomic E-state index is 0.0217. The van der Waals surface area contributed by atoms with Gasteiger partial charge in [0.1, 0.15) is 6.10 Å². The number of ether oxygens (including phenoxy) is 2. The van der Waals surface area contributed by atoms with Crippen molar-refractivity contribution >= 4 is 5.91 Å². The Morgan fingerprint density at radius 2 is 2.08 bits per heavy atom. The summed E-state index contributed by atoms with van der Waals surface area (Å²) in [5.74, 6) is 0.685. The summed E-state index contributed by atoms with van der Waals surface area (Å²) in [5.41, 5.74) is 1.38. The van der Waals surface area contributed by atoms with Gasteiger partial charge in [0.15, 0.2) is 0 Å². The predicted molar refractivity (Wildman–Crippen MR) is 96.1 cm³/mol. The van der Waals surface area contributed by atoms with Crippen LogP contribution in [0.25, 0.3) is 0 Å². The van der Waals surface area contributed by atoms with Crippen molar-refractivity contribution in [1.82, 2.24) is 14.9 Å². The summed E-state index contributed by atoms with van der Waals surface area (Å²) in [6, 6.07) is 9.37. The maximum Gasteiger partial charge on any atom is 0.255 e. The fourth-order valence-electron chi connectivity index (χ4n) is 3.71. The quantitative estimate of drug-likeness (QED) is 0.849. The zero-order chi connectivity index (χ0) is 18.0. The van der Waals surface area contributed by atoms with Crippen molar-refractivity contribution < 1.29 is 14.3 Å². The maximum absolute atomic E-state index is 12.6. The lowest BCUT2D eigenvalue weighted by Crippen LogP contribution is -2.46. The van der Waals surface area contributed by atoms with Crippen LogP contribution in [0.1, 0.15) is 35.3 Å². The first kappa shape index (κ1) is 17.0. The van der Waals surface area contributed by atoms with Gasteiger partial charge in [-0.25, -0.2) is 4.98 Å². The van der Waals surface area contributed by atoms with Crippen LogP contribution in [0.2, 0.25) is 0 Å². The number of aryl methyl sites for hydroxylation is 1. The van der Waals surface area contributed by atoms with E-state index in [-0.39, 0.29) is 17.6 Å². The van der Waals surface area contributed by atoms with Crippen LogP contribution in [-0.2, 0) is 4.74 Å². The molecule has 0 aromatic carbocycles. The van der Waals surface area contributed by atoms with Crippen LogP contribution in [0.3, 0.4) is 0 Å². The smallest absolute Gasteiger partial charge is 0.255 e. The molecule has 0 saturated carbocycles. The summed E-state index contributed by atoms with van der Waals surface area (Å²) in [6.07, 6.45) is 5.92. The number of carbonyl (C=O) groups is 1. The molecule has 136 valence electrons. The second-order valence-electron chi connectivity index (χ2n) is 7.09. The number of piperidine rings is 1. The van der Waals surface area contributed by atoms with Crippen molar-refractivity contribution in [3.63, 3.8) is 0 Å². The van der Waals surface area contributed by atoms with Crippen LogP contribution < -0.4 is 4.74 Å². The highest BCUT2D eigenvalue weighted by Gasteiger charge is 2.44. The number of pyridine rings is 2. The molecule has 0 bridgehead atoms. The minimum Gasteiger partial charge on any atom is -0.472 e. The van der Waals surface area contributed by atoms with Gasteiger partial charge < -0.3 is 14.4 Å². The number of hydrogen-bond donors (Lipinski definition) is 0. The summed E-state index contributed by atoms with van der Waals surface area (Å²) in [6.45, 7) is 3.89. The molecule has 2 aliphatic rings. The average Bonchev–Trinajstić information content (AvgIpc) is 3.05. The highest BCUT2D eigenvalue weighted by molar-refractivity contribution is 5.94. The normalized spacial score (nSPS) is 21.7. The number of rotatable bonds is 3. The van der Waals surface area contributed by atoms with Crippen molar-refractivity contribution in [2.24, 2.45) is 0 Å². The number of likely N-dealkylation sites (tertiary alicyclic amines) is 1. The van der Waals surface area contributed by atoms with E-state index in [0.29, 0.717) is 31.1 Å². The minimum atomic E-state index is -0.179. The number of carbonyl (C=O) groups excluding carboxylic acids is 1. The molecule has 2 saturated heterocycles. The van der Waals surface area contributed by atoms with Crippen LogP contribution in [0.4, 0.5) is 0 Å². The number of aromatic nitrogens is 2. The van der Waals surface area contributed by atoms with Crippen LogP contribution in [0.5, 0.6) is 5.88 Å². The molecule has 0 radical (unpaired) electrons. The molecule has 1 spiro atoms. The van der Waals surface area contributed by atoms with Gasteiger partial charge in [-0.2, -0.15) is 0 Å². The highest BCUT2D eigenvalue weighted by atomic mass is 16.6. The Bertz CT molecular complexity index is 756. The monoisotopic (exact) mass is 353 g/mol. The molecule has 4 heterocycles. The Hall–Kier alpha value is -2.47. The summed E-state index contributed by atoms with van der Waals surface area (Å²) < 4.78 is 12.0. The molecular formula is C20H23N3O3. The lowest BCUT2D eigenvalue weighted by molar-refractivity contribution is -0.0396. The van der Waals surface area contributed by atoms with Gasteiger partial charge in [-0.05, 0) is 38.0 Å². The lowest BCUT2D eigenvalue weighted by Gasteiger charge is -2.38. The van der Waals surface area contributed by atoms with Crippen LogP contribution in [-0.4, -0.2) is 52.2 Å². The highest BCUT2D eigenvalue weighted by Crippen LogP contribution is 2.37. The average molecular weight is 353 g/mol. The standard InChI is InChI=1S/C20H23N3O3/c1-15-5-6-16(13-22-15)19(24)23-10-7-20(8-11-23)12-17(14-25-20)26-18-4-2-3-9-21-18/h2-6,9,13,17H,7-8,10-12,14H2,1H3. The van der Waals surface area contributed by atoms with E-state index in [0.717, 1.165) is 25.0 Å². The molecule has 4 rings (SSSR count). The molecule has 1 atom stereocenters.